The van der Waals surface area contributed by atoms with Gasteiger partial charge in [0.05, 0.1) is 17.5 Å². The number of nitrogens with zero attached hydrogens (tertiary/aromatic N) is 3. The fourth-order valence-electron chi connectivity index (χ4n) is 2.41. The van der Waals surface area contributed by atoms with Crippen molar-refractivity contribution in [3.63, 3.8) is 0 Å². The van der Waals surface area contributed by atoms with Gasteiger partial charge >= 0.3 is 0 Å². The van der Waals surface area contributed by atoms with Crippen LogP contribution in [0, 0.1) is 0 Å². The van der Waals surface area contributed by atoms with Crippen LogP contribution in [-0.4, -0.2) is 36.9 Å². The van der Waals surface area contributed by atoms with Crippen LogP contribution in [0.15, 0.2) is 30.1 Å². The maximum absolute atomic E-state index is 12.0. The van der Waals surface area contributed by atoms with E-state index in [4.69, 9.17) is 11.6 Å². The Labute approximate surface area is 117 Å². The van der Waals surface area contributed by atoms with Crippen LogP contribution < -0.4 is 0 Å². The zero-order chi connectivity index (χ0) is 14.0. The van der Waals surface area contributed by atoms with E-state index in [2.05, 4.69) is 15.2 Å². The quantitative estimate of drug-likeness (QED) is 0.862. The maximum Gasteiger partial charge on any atom is 0.220 e. The van der Waals surface area contributed by atoms with Gasteiger partial charge in [0.15, 0.2) is 5.82 Å². The molecule has 2 atom stereocenters. The molecule has 0 aliphatic heterocycles. The van der Waals surface area contributed by atoms with Gasteiger partial charge in [-0.2, -0.15) is 5.10 Å². The van der Waals surface area contributed by atoms with Crippen molar-refractivity contribution in [1.82, 2.24) is 20.1 Å². The van der Waals surface area contributed by atoms with Crippen molar-refractivity contribution in [1.29, 1.82) is 0 Å². The van der Waals surface area contributed by atoms with Crippen LogP contribution in [0.1, 0.15) is 26.6 Å². The highest BCUT2D eigenvalue weighted by Crippen LogP contribution is 2.34. The molecular weight excluding hydrogens is 264 g/mol. The first kappa shape index (κ1) is 13.8. The lowest BCUT2D eigenvalue weighted by molar-refractivity contribution is -0.131. The highest BCUT2D eigenvalue weighted by atomic mass is 35.5. The van der Waals surface area contributed by atoms with Crippen molar-refractivity contribution in [2.45, 2.75) is 38.2 Å². The third kappa shape index (κ3) is 2.87. The van der Waals surface area contributed by atoms with Gasteiger partial charge in [-0.05, 0) is 19.4 Å². The minimum Gasteiger partial charge on any atom is -0.327 e. The number of alkyl halides is 1. The molecule has 19 heavy (non-hydrogen) atoms. The normalized spacial score (nSPS) is 26.1. The smallest absolute Gasteiger partial charge is 0.220 e. The lowest BCUT2D eigenvalue weighted by Crippen LogP contribution is -2.50. The Hall–Kier alpha value is -1.62. The molecule has 1 aliphatic carbocycles. The molecule has 1 amide bonds. The molecule has 0 radical (unpaired) electrons. The number of carbonyl (C=O) groups is 1. The standard InChI is InChI=1S/C13H17ClN4O/c1-9-5-4-6-13(3,14)12(9)18(10(2)19)7-11-15-8-16-17-11/h4-6,8,12H,7H2,1-3H3,(H,15,16,17). The molecule has 0 aromatic carbocycles. The molecular formula is C13H17ClN4O. The van der Waals surface area contributed by atoms with Gasteiger partial charge in [0.2, 0.25) is 5.91 Å². The van der Waals surface area contributed by atoms with Gasteiger partial charge in [-0.3, -0.25) is 9.89 Å². The minimum atomic E-state index is -0.624. The summed E-state index contributed by atoms with van der Waals surface area (Å²) in [5.41, 5.74) is 1.05. The molecule has 2 rings (SSSR count). The number of hydrogen-bond donors (Lipinski definition) is 1. The lowest BCUT2D eigenvalue weighted by atomic mass is 9.88. The summed E-state index contributed by atoms with van der Waals surface area (Å²) in [5.74, 6) is 0.523. The Morgan fingerprint density at radius 2 is 2.37 bits per heavy atom. The van der Waals surface area contributed by atoms with Crippen LogP contribution in [-0.2, 0) is 11.3 Å². The second-order valence-corrected chi connectivity index (χ2v) is 5.70. The van der Waals surface area contributed by atoms with Gasteiger partial charge in [-0.15, -0.1) is 11.6 Å². The second kappa shape index (κ2) is 5.17. The molecule has 1 N–H and O–H groups in total. The maximum atomic E-state index is 12.0. The Balaban J connectivity index is 2.31. The molecule has 1 heterocycles. The van der Waals surface area contributed by atoms with Crippen LogP contribution in [0.2, 0.25) is 0 Å². The number of rotatable bonds is 3. The van der Waals surface area contributed by atoms with Crippen LogP contribution in [0.3, 0.4) is 0 Å². The van der Waals surface area contributed by atoms with E-state index in [0.717, 1.165) is 5.57 Å². The summed E-state index contributed by atoms with van der Waals surface area (Å²) < 4.78 is 0. The van der Waals surface area contributed by atoms with Gasteiger partial charge in [0.25, 0.3) is 0 Å². The van der Waals surface area contributed by atoms with Crippen molar-refractivity contribution in [3.05, 3.63) is 36.0 Å². The molecule has 1 aromatic heterocycles. The summed E-state index contributed by atoms with van der Waals surface area (Å²) in [6.07, 6.45) is 7.30. The number of halogens is 1. The van der Waals surface area contributed by atoms with E-state index in [1.54, 1.807) is 4.90 Å². The average Bonchev–Trinajstić information content (AvgIpc) is 2.79. The van der Waals surface area contributed by atoms with Gasteiger partial charge in [0.1, 0.15) is 6.33 Å². The summed E-state index contributed by atoms with van der Waals surface area (Å²) in [4.78, 5) is 17.1. The lowest BCUT2D eigenvalue weighted by Gasteiger charge is -2.40. The van der Waals surface area contributed by atoms with E-state index in [0.29, 0.717) is 12.4 Å². The third-order valence-electron chi connectivity index (χ3n) is 3.24. The fourth-order valence-corrected chi connectivity index (χ4v) is 2.78. The van der Waals surface area contributed by atoms with Gasteiger partial charge in [0, 0.05) is 6.92 Å². The van der Waals surface area contributed by atoms with Gasteiger partial charge < -0.3 is 4.90 Å². The summed E-state index contributed by atoms with van der Waals surface area (Å²) >= 11 is 6.54. The summed E-state index contributed by atoms with van der Waals surface area (Å²) in [6, 6.07) is -0.199. The third-order valence-corrected chi connectivity index (χ3v) is 3.57. The van der Waals surface area contributed by atoms with E-state index in [1.807, 2.05) is 32.1 Å². The molecule has 0 spiro atoms. The molecule has 0 saturated heterocycles. The largest absolute Gasteiger partial charge is 0.327 e. The molecule has 6 heteroatoms. The minimum absolute atomic E-state index is 0.0512. The van der Waals surface area contributed by atoms with Crippen molar-refractivity contribution >= 4 is 17.5 Å². The molecule has 1 aliphatic rings. The van der Waals surface area contributed by atoms with Crippen LogP contribution in [0.5, 0.6) is 0 Å². The Morgan fingerprint density at radius 1 is 1.63 bits per heavy atom. The number of amides is 1. The van der Waals surface area contributed by atoms with Crippen LogP contribution in [0.25, 0.3) is 0 Å². The molecule has 5 nitrogen and oxygen atoms in total. The number of H-pyrrole nitrogens is 1. The zero-order valence-electron chi connectivity index (χ0n) is 11.2. The van der Waals surface area contributed by atoms with E-state index < -0.39 is 4.87 Å². The van der Waals surface area contributed by atoms with Crippen molar-refractivity contribution in [2.75, 3.05) is 0 Å². The van der Waals surface area contributed by atoms with Crippen molar-refractivity contribution in [3.8, 4) is 0 Å². The van der Waals surface area contributed by atoms with Gasteiger partial charge in [-0.1, -0.05) is 18.2 Å². The Kier molecular flexibility index (Phi) is 3.75. The first-order valence-corrected chi connectivity index (χ1v) is 6.46. The molecule has 0 saturated carbocycles. The predicted molar refractivity (Wildman–Crippen MR) is 73.5 cm³/mol. The number of nitrogens with one attached hydrogen (secondary N) is 1. The highest BCUT2D eigenvalue weighted by molar-refractivity contribution is 6.26. The Morgan fingerprint density at radius 3 is 2.89 bits per heavy atom. The molecule has 0 fully saturated rings. The first-order chi connectivity index (χ1) is 8.92. The van der Waals surface area contributed by atoms with Crippen molar-refractivity contribution in [2.24, 2.45) is 0 Å². The number of carbonyl (C=O) groups excluding carboxylic acids is 1. The highest BCUT2D eigenvalue weighted by Gasteiger charge is 2.38. The predicted octanol–water partition coefficient (Wildman–Crippen LogP) is 2.04. The SMILES string of the molecule is CC(=O)N(Cc1nc[nH]n1)C1C(C)=CC=CC1(C)Cl. The second-order valence-electron chi connectivity index (χ2n) is 4.89. The van der Waals surface area contributed by atoms with Crippen LogP contribution in [0.4, 0.5) is 0 Å². The first-order valence-electron chi connectivity index (χ1n) is 6.08. The molecule has 102 valence electrons. The summed E-state index contributed by atoms with van der Waals surface area (Å²) in [5, 5.41) is 6.64. The van der Waals surface area contributed by atoms with Crippen molar-refractivity contribution < 1.29 is 4.79 Å². The average molecular weight is 281 g/mol. The fraction of sp³-hybridized carbons (Fsp3) is 0.462. The van der Waals surface area contributed by atoms with E-state index >= 15 is 0 Å². The number of hydrogen-bond acceptors (Lipinski definition) is 3. The number of allylic oxidation sites excluding steroid dienone is 2. The van der Waals surface area contributed by atoms with E-state index in [1.165, 1.54) is 13.3 Å². The zero-order valence-corrected chi connectivity index (χ0v) is 12.0. The van der Waals surface area contributed by atoms with E-state index in [9.17, 15) is 4.79 Å². The molecule has 2 unspecified atom stereocenters. The topological polar surface area (TPSA) is 61.9 Å². The van der Waals surface area contributed by atoms with Crippen LogP contribution >= 0.6 is 11.6 Å². The monoisotopic (exact) mass is 280 g/mol. The number of aromatic amines is 1. The van der Waals surface area contributed by atoms with Gasteiger partial charge in [-0.25, -0.2) is 4.98 Å². The Bertz CT molecular complexity index is 519. The molecule has 1 aromatic rings. The molecule has 0 bridgehead atoms. The van der Waals surface area contributed by atoms with E-state index in [-0.39, 0.29) is 11.9 Å². The number of aromatic nitrogens is 3. The summed E-state index contributed by atoms with van der Waals surface area (Å²) in [6.45, 7) is 5.75. The summed E-state index contributed by atoms with van der Waals surface area (Å²) in [7, 11) is 0.